The summed E-state index contributed by atoms with van der Waals surface area (Å²) in [6.07, 6.45) is 4.02. The van der Waals surface area contributed by atoms with Crippen LogP contribution in [-0.4, -0.2) is 34.1 Å². The van der Waals surface area contributed by atoms with E-state index in [0.29, 0.717) is 35.5 Å². The molecular weight excluding hydrogens is 481 g/mol. The quantitative estimate of drug-likeness (QED) is 0.350. The second-order valence-corrected chi connectivity index (χ2v) is 9.42. The number of carbonyl (C=O) groups excluding carboxylic acids is 1. The van der Waals surface area contributed by atoms with Gasteiger partial charge in [0.15, 0.2) is 17.5 Å². The molecule has 0 spiro atoms. The van der Waals surface area contributed by atoms with Crippen molar-refractivity contribution in [3.8, 4) is 11.4 Å². The average Bonchev–Trinajstić information content (AvgIpc) is 3.27. The molecule has 0 saturated heterocycles. The zero-order valence-corrected chi connectivity index (χ0v) is 19.8. The summed E-state index contributed by atoms with van der Waals surface area (Å²) >= 11 is 0. The van der Waals surface area contributed by atoms with Crippen molar-refractivity contribution in [2.24, 2.45) is 11.7 Å². The van der Waals surface area contributed by atoms with E-state index in [1.165, 1.54) is 6.20 Å². The molecule has 0 aliphatic heterocycles. The molecule has 1 fully saturated rings. The van der Waals surface area contributed by atoms with Crippen LogP contribution < -0.4 is 16.4 Å². The molecule has 190 valence electrons. The number of hydrogen-bond donors (Lipinski definition) is 4. The van der Waals surface area contributed by atoms with Crippen molar-refractivity contribution in [3.05, 3.63) is 77.4 Å². The van der Waals surface area contributed by atoms with E-state index in [9.17, 15) is 18.0 Å². The monoisotopic (exact) mass is 506 g/mol. The second-order valence-electron chi connectivity index (χ2n) is 9.42. The molecule has 7 nitrogen and oxygen atoms in total. The smallest absolute Gasteiger partial charge is 0.249 e. The summed E-state index contributed by atoms with van der Waals surface area (Å²) < 4.78 is 40.7. The Morgan fingerprint density at radius 3 is 2.51 bits per heavy atom. The molecule has 1 amide bonds. The number of alkyl halides is 2. The molecule has 1 saturated carbocycles. The Bertz CT molecular complexity index is 1380. The molecule has 3 aromatic rings. The Hall–Kier alpha value is -4.21. The minimum absolute atomic E-state index is 0.0160. The molecule has 10 heteroatoms. The van der Waals surface area contributed by atoms with Crippen LogP contribution in [0.1, 0.15) is 29.5 Å². The number of anilines is 2. The number of benzene rings is 2. The fourth-order valence-corrected chi connectivity index (χ4v) is 4.73. The molecule has 2 aliphatic carbocycles. The summed E-state index contributed by atoms with van der Waals surface area (Å²) in [7, 11) is 0. The van der Waals surface area contributed by atoms with E-state index >= 15 is 0 Å². The van der Waals surface area contributed by atoms with Crippen molar-refractivity contribution in [2.75, 3.05) is 5.32 Å². The van der Waals surface area contributed by atoms with Gasteiger partial charge in [-0.25, -0.2) is 23.1 Å². The number of amides is 1. The molecule has 1 atom stereocenters. The fraction of sp³-hybridized carbons (Fsp3) is 0.259. The number of allylic oxidation sites excluding steroid dienone is 1. The topological polar surface area (TPSA) is 117 Å². The molecule has 1 heterocycles. The standard InChI is InChI=1S/C27H25F3N6O/c28-23-14-33-24(36-25(23)34-21-5-3-15(4-6-21)20(12-31)13-32)17-2-1-16-8-22(9-18(16)7-17)35-26(37)19-10-27(29,30)11-19/h1-7,12-14,19,22,31H,8-11,32H2,(H,35,37)(H,33,34,36)/b20-13+,31-12?. The number of carbonyl (C=O) groups is 1. The van der Waals surface area contributed by atoms with Crippen LogP contribution in [0.25, 0.3) is 17.0 Å². The zero-order valence-electron chi connectivity index (χ0n) is 19.8. The zero-order chi connectivity index (χ0) is 26.2. The summed E-state index contributed by atoms with van der Waals surface area (Å²) in [6, 6.07) is 12.5. The van der Waals surface area contributed by atoms with Crippen molar-refractivity contribution in [3.63, 3.8) is 0 Å². The fourth-order valence-electron chi connectivity index (χ4n) is 4.73. The van der Waals surface area contributed by atoms with Crippen LogP contribution in [0.15, 0.2) is 54.9 Å². The highest BCUT2D eigenvalue weighted by molar-refractivity contribution is 6.08. The second kappa shape index (κ2) is 9.68. The first kappa shape index (κ1) is 24.5. The lowest BCUT2D eigenvalue weighted by Crippen LogP contribution is -2.48. The third kappa shape index (κ3) is 5.18. The SMILES string of the molecule is N=C/C(=C\N)c1ccc(Nc2nc(-c3ccc4c(c3)CC(NC(=O)C3CC(F)(F)C3)C4)ncc2F)cc1. The van der Waals surface area contributed by atoms with Crippen LogP contribution in [0.2, 0.25) is 0 Å². The first-order valence-electron chi connectivity index (χ1n) is 11.9. The van der Waals surface area contributed by atoms with E-state index in [0.717, 1.165) is 29.1 Å². The third-order valence-corrected chi connectivity index (χ3v) is 6.76. The van der Waals surface area contributed by atoms with Crippen molar-refractivity contribution in [2.45, 2.75) is 37.6 Å². The van der Waals surface area contributed by atoms with Crippen LogP contribution in [0.4, 0.5) is 24.7 Å². The van der Waals surface area contributed by atoms with Crippen LogP contribution >= 0.6 is 0 Å². The Kier molecular flexibility index (Phi) is 6.41. The molecule has 2 aliphatic rings. The van der Waals surface area contributed by atoms with Gasteiger partial charge in [-0.05, 0) is 47.7 Å². The van der Waals surface area contributed by atoms with E-state index in [1.54, 1.807) is 24.3 Å². The van der Waals surface area contributed by atoms with Gasteiger partial charge in [0.05, 0.1) is 6.20 Å². The molecule has 37 heavy (non-hydrogen) atoms. The predicted octanol–water partition coefficient (Wildman–Crippen LogP) is 4.60. The molecule has 1 unspecified atom stereocenters. The van der Waals surface area contributed by atoms with Gasteiger partial charge in [-0.2, -0.15) is 0 Å². The van der Waals surface area contributed by atoms with E-state index in [2.05, 4.69) is 20.6 Å². The van der Waals surface area contributed by atoms with Crippen LogP contribution in [0.3, 0.4) is 0 Å². The first-order chi connectivity index (χ1) is 17.7. The highest BCUT2D eigenvalue weighted by Gasteiger charge is 2.49. The van der Waals surface area contributed by atoms with E-state index < -0.39 is 17.7 Å². The summed E-state index contributed by atoms with van der Waals surface area (Å²) in [6.45, 7) is 0. The Morgan fingerprint density at radius 1 is 1.11 bits per heavy atom. The number of fused-ring (bicyclic) bond motifs is 1. The van der Waals surface area contributed by atoms with Gasteiger partial charge in [-0.3, -0.25) is 4.79 Å². The highest BCUT2D eigenvalue weighted by atomic mass is 19.3. The van der Waals surface area contributed by atoms with Crippen molar-refractivity contribution in [1.29, 1.82) is 5.41 Å². The van der Waals surface area contributed by atoms with Crippen LogP contribution in [-0.2, 0) is 17.6 Å². The number of nitrogens with one attached hydrogen (secondary N) is 3. The van der Waals surface area contributed by atoms with Gasteiger partial charge < -0.3 is 21.8 Å². The Morgan fingerprint density at radius 2 is 1.84 bits per heavy atom. The van der Waals surface area contributed by atoms with Gasteiger partial charge in [-0.1, -0.05) is 24.3 Å². The summed E-state index contributed by atoms with van der Waals surface area (Å²) in [5, 5.41) is 13.3. The molecule has 1 aromatic heterocycles. The largest absolute Gasteiger partial charge is 0.404 e. The maximum atomic E-state index is 14.5. The molecule has 5 rings (SSSR count). The lowest BCUT2D eigenvalue weighted by molar-refractivity contribution is -0.150. The predicted molar refractivity (Wildman–Crippen MR) is 135 cm³/mol. The number of nitrogens with two attached hydrogens (primary N) is 1. The first-order valence-corrected chi connectivity index (χ1v) is 11.9. The van der Waals surface area contributed by atoms with Gasteiger partial charge in [-0.15, -0.1) is 0 Å². The van der Waals surface area contributed by atoms with Crippen molar-refractivity contribution >= 4 is 29.2 Å². The normalized spacial score (nSPS) is 18.6. The minimum atomic E-state index is -2.73. The summed E-state index contributed by atoms with van der Waals surface area (Å²) in [5.74, 6) is -3.93. The minimum Gasteiger partial charge on any atom is -0.404 e. The van der Waals surface area contributed by atoms with Gasteiger partial charge >= 0.3 is 0 Å². The molecule has 2 aromatic carbocycles. The van der Waals surface area contributed by atoms with Gasteiger partial charge in [0.2, 0.25) is 11.8 Å². The average molecular weight is 507 g/mol. The lowest BCUT2D eigenvalue weighted by atomic mass is 9.80. The molecule has 0 radical (unpaired) electrons. The number of nitrogens with zero attached hydrogens (tertiary/aromatic N) is 2. The van der Waals surface area contributed by atoms with E-state index in [1.807, 2.05) is 18.2 Å². The maximum absolute atomic E-state index is 14.5. The van der Waals surface area contributed by atoms with Crippen molar-refractivity contribution < 1.29 is 18.0 Å². The molecule has 0 bridgehead atoms. The van der Waals surface area contributed by atoms with Gasteiger partial charge in [0, 0.05) is 54.0 Å². The van der Waals surface area contributed by atoms with E-state index in [4.69, 9.17) is 11.1 Å². The van der Waals surface area contributed by atoms with Crippen LogP contribution in [0, 0.1) is 17.1 Å². The van der Waals surface area contributed by atoms with E-state index in [-0.39, 0.29) is 30.6 Å². The Labute approximate surface area is 211 Å². The summed E-state index contributed by atoms with van der Waals surface area (Å²) in [5.41, 5.74) is 10.2. The van der Waals surface area contributed by atoms with Gasteiger partial charge in [0.1, 0.15) is 0 Å². The third-order valence-electron chi connectivity index (χ3n) is 6.76. The summed E-state index contributed by atoms with van der Waals surface area (Å²) in [4.78, 5) is 20.8. The van der Waals surface area contributed by atoms with Gasteiger partial charge in [0.25, 0.3) is 0 Å². The highest BCUT2D eigenvalue weighted by Crippen LogP contribution is 2.42. The number of rotatable bonds is 7. The number of aromatic nitrogens is 2. The number of hydrogen-bond acceptors (Lipinski definition) is 6. The van der Waals surface area contributed by atoms with Crippen molar-refractivity contribution in [1.82, 2.24) is 15.3 Å². The molecule has 5 N–H and O–H groups in total. The maximum Gasteiger partial charge on any atom is 0.249 e. The Balaban J connectivity index is 1.28. The van der Waals surface area contributed by atoms with Crippen LogP contribution in [0.5, 0.6) is 0 Å². The lowest BCUT2D eigenvalue weighted by Gasteiger charge is -2.34. The molecular formula is C27H25F3N6O. The number of halogens is 3.